The molecule has 0 aromatic heterocycles. The van der Waals surface area contributed by atoms with Crippen molar-refractivity contribution < 1.29 is 14.3 Å². The quantitative estimate of drug-likeness (QED) is 0.826. The second-order valence-electron chi connectivity index (χ2n) is 4.95. The molecule has 0 saturated heterocycles. The van der Waals surface area contributed by atoms with Crippen molar-refractivity contribution >= 4 is 40.7 Å². The van der Waals surface area contributed by atoms with Crippen molar-refractivity contribution in [1.29, 1.82) is 0 Å². The van der Waals surface area contributed by atoms with Crippen LogP contribution in [-0.4, -0.2) is 15.9 Å². The average Bonchev–Trinajstić information content (AvgIpc) is 2.53. The fourth-order valence-electron chi connectivity index (χ4n) is 2.12. The minimum Gasteiger partial charge on any atom is -0.489 e. The topological polar surface area (TPSA) is 47.6 Å². The number of amides is 1. The Bertz CT molecular complexity index is 716. The maximum absolute atomic E-state index is 12.1. The highest BCUT2D eigenvalue weighted by Gasteiger charge is 2.40. The van der Waals surface area contributed by atoms with E-state index in [0.717, 1.165) is 5.56 Å². The number of alkyl halides is 3. The van der Waals surface area contributed by atoms with Crippen molar-refractivity contribution in [2.45, 2.75) is 16.6 Å². The van der Waals surface area contributed by atoms with Crippen LogP contribution in [0, 0.1) is 0 Å². The first kappa shape index (κ1) is 16.2. The number of ether oxygens (including phenoxy) is 2. The van der Waals surface area contributed by atoms with E-state index in [9.17, 15) is 4.79 Å². The molecule has 2 aromatic rings. The van der Waals surface area contributed by atoms with Gasteiger partial charge in [-0.05, 0) is 23.8 Å². The second kappa shape index (κ2) is 6.48. The number of carbonyl (C=O) groups is 1. The molecular weight excluding hydrogens is 361 g/mol. The van der Waals surface area contributed by atoms with Gasteiger partial charge in [0.15, 0.2) is 0 Å². The minimum absolute atomic E-state index is 0.334. The number of carbonyl (C=O) groups excluding carboxylic acids is 1. The summed E-state index contributed by atoms with van der Waals surface area (Å²) in [6.45, 7) is 0.402. The zero-order chi connectivity index (χ0) is 16.4. The Hall–Kier alpha value is -1.62. The first-order valence-corrected chi connectivity index (χ1v) is 7.92. The van der Waals surface area contributed by atoms with Gasteiger partial charge >= 0.3 is 0 Å². The summed E-state index contributed by atoms with van der Waals surface area (Å²) in [5.74, 6) is 0.517. The predicted octanol–water partition coefficient (Wildman–Crippen LogP) is 4.08. The lowest BCUT2D eigenvalue weighted by Crippen LogP contribution is -2.50. The molecule has 23 heavy (non-hydrogen) atoms. The number of halogens is 3. The van der Waals surface area contributed by atoms with Crippen LogP contribution >= 0.6 is 34.8 Å². The fourth-order valence-corrected chi connectivity index (χ4v) is 2.42. The Balaban J connectivity index is 1.75. The van der Waals surface area contributed by atoms with Crippen molar-refractivity contribution in [1.82, 2.24) is 5.32 Å². The first-order chi connectivity index (χ1) is 10.9. The molecule has 1 aliphatic heterocycles. The van der Waals surface area contributed by atoms with E-state index >= 15 is 0 Å². The molecule has 0 radical (unpaired) electrons. The van der Waals surface area contributed by atoms with Crippen LogP contribution in [0.4, 0.5) is 0 Å². The molecule has 0 bridgehead atoms. The Morgan fingerprint density at radius 3 is 2.57 bits per heavy atom. The van der Waals surface area contributed by atoms with Crippen LogP contribution in [0.2, 0.25) is 0 Å². The first-order valence-electron chi connectivity index (χ1n) is 6.78. The summed E-state index contributed by atoms with van der Waals surface area (Å²) < 4.78 is 9.43. The number of hydrogen-bond acceptors (Lipinski definition) is 3. The van der Waals surface area contributed by atoms with Crippen LogP contribution in [0.1, 0.15) is 15.9 Å². The smallest absolute Gasteiger partial charge is 0.258 e. The van der Waals surface area contributed by atoms with Crippen molar-refractivity contribution in [3.8, 4) is 11.5 Å². The zero-order valence-electron chi connectivity index (χ0n) is 11.8. The monoisotopic (exact) mass is 371 g/mol. The summed E-state index contributed by atoms with van der Waals surface area (Å²) in [5.41, 5.74) is 1.36. The molecule has 1 heterocycles. The maximum atomic E-state index is 12.1. The lowest BCUT2D eigenvalue weighted by atomic mass is 10.1. The average molecular weight is 373 g/mol. The lowest BCUT2D eigenvalue weighted by Gasteiger charge is -2.31. The SMILES string of the molecule is O=C1NC(C(Cl)(Cl)Cl)Oc2ccc(OCc3ccccc3)cc21. The third kappa shape index (κ3) is 3.83. The van der Waals surface area contributed by atoms with Gasteiger partial charge in [0.25, 0.3) is 5.91 Å². The summed E-state index contributed by atoms with van der Waals surface area (Å²) in [6.07, 6.45) is -1.04. The highest BCUT2D eigenvalue weighted by molar-refractivity contribution is 6.68. The van der Waals surface area contributed by atoms with Crippen molar-refractivity contribution in [3.05, 3.63) is 59.7 Å². The van der Waals surface area contributed by atoms with Crippen LogP contribution in [-0.2, 0) is 6.61 Å². The predicted molar refractivity (Wildman–Crippen MR) is 89.4 cm³/mol. The van der Waals surface area contributed by atoms with Gasteiger partial charge in [-0.25, -0.2) is 0 Å². The maximum Gasteiger partial charge on any atom is 0.258 e. The van der Waals surface area contributed by atoms with Crippen LogP contribution in [0.3, 0.4) is 0 Å². The second-order valence-corrected chi connectivity index (χ2v) is 7.31. The van der Waals surface area contributed by atoms with Gasteiger partial charge in [0, 0.05) is 0 Å². The molecule has 1 unspecified atom stereocenters. The summed E-state index contributed by atoms with van der Waals surface area (Å²) >= 11 is 17.3. The Morgan fingerprint density at radius 2 is 1.87 bits per heavy atom. The van der Waals surface area contributed by atoms with Crippen LogP contribution in [0.25, 0.3) is 0 Å². The molecule has 7 heteroatoms. The van der Waals surface area contributed by atoms with Gasteiger partial charge in [0.05, 0.1) is 5.56 Å². The van der Waals surface area contributed by atoms with Crippen molar-refractivity contribution in [2.75, 3.05) is 0 Å². The highest BCUT2D eigenvalue weighted by atomic mass is 35.6. The summed E-state index contributed by atoms with van der Waals surface area (Å²) in [6, 6.07) is 14.6. The summed E-state index contributed by atoms with van der Waals surface area (Å²) in [4.78, 5) is 12.1. The van der Waals surface area contributed by atoms with Gasteiger partial charge in [0.2, 0.25) is 10.0 Å². The molecule has 0 aliphatic carbocycles. The summed E-state index contributed by atoms with van der Waals surface area (Å²) in [5, 5.41) is 2.50. The largest absolute Gasteiger partial charge is 0.489 e. The van der Waals surface area contributed by atoms with E-state index in [1.54, 1.807) is 18.2 Å². The van der Waals surface area contributed by atoms with Gasteiger partial charge in [0.1, 0.15) is 18.1 Å². The van der Waals surface area contributed by atoms with E-state index < -0.39 is 10.0 Å². The van der Waals surface area contributed by atoms with E-state index in [4.69, 9.17) is 44.3 Å². The Morgan fingerprint density at radius 1 is 1.13 bits per heavy atom. The number of nitrogens with one attached hydrogen (secondary N) is 1. The third-order valence-electron chi connectivity index (χ3n) is 3.25. The molecule has 0 spiro atoms. The minimum atomic E-state index is -1.75. The number of hydrogen-bond donors (Lipinski definition) is 1. The number of rotatable bonds is 3. The van der Waals surface area contributed by atoms with Crippen molar-refractivity contribution in [3.63, 3.8) is 0 Å². The Labute approximate surface area is 148 Å². The van der Waals surface area contributed by atoms with Crippen LogP contribution in [0.15, 0.2) is 48.5 Å². The normalized spacial score (nSPS) is 17.0. The Kier molecular flexibility index (Phi) is 4.57. The van der Waals surface area contributed by atoms with E-state index in [1.807, 2.05) is 30.3 Å². The molecule has 1 N–H and O–H groups in total. The number of benzene rings is 2. The molecule has 120 valence electrons. The zero-order valence-corrected chi connectivity index (χ0v) is 14.0. The molecule has 4 nitrogen and oxygen atoms in total. The van der Waals surface area contributed by atoms with Crippen LogP contribution < -0.4 is 14.8 Å². The molecule has 1 aliphatic rings. The number of fused-ring (bicyclic) bond motifs is 1. The van der Waals surface area contributed by atoms with E-state index in [-0.39, 0.29) is 5.91 Å². The molecular formula is C16H12Cl3NO3. The van der Waals surface area contributed by atoms with Crippen LogP contribution in [0.5, 0.6) is 11.5 Å². The van der Waals surface area contributed by atoms with E-state index in [1.165, 1.54) is 0 Å². The van der Waals surface area contributed by atoms with E-state index in [0.29, 0.717) is 23.7 Å². The van der Waals surface area contributed by atoms with Gasteiger partial charge < -0.3 is 14.8 Å². The molecule has 1 amide bonds. The fraction of sp³-hybridized carbons (Fsp3) is 0.188. The van der Waals surface area contributed by atoms with Gasteiger partial charge in [-0.2, -0.15) is 0 Å². The molecule has 0 fully saturated rings. The molecule has 0 saturated carbocycles. The van der Waals surface area contributed by atoms with Gasteiger partial charge in [-0.1, -0.05) is 65.1 Å². The van der Waals surface area contributed by atoms with Crippen molar-refractivity contribution in [2.24, 2.45) is 0 Å². The highest BCUT2D eigenvalue weighted by Crippen LogP contribution is 2.36. The van der Waals surface area contributed by atoms with Gasteiger partial charge in [-0.15, -0.1) is 0 Å². The molecule has 1 atom stereocenters. The standard InChI is InChI=1S/C16H12Cl3NO3/c17-16(18,19)15-20-14(21)12-8-11(6-7-13(12)23-15)22-9-10-4-2-1-3-5-10/h1-8,15H,9H2,(H,20,21). The molecule has 2 aromatic carbocycles. The van der Waals surface area contributed by atoms with Gasteiger partial charge in [-0.3, -0.25) is 4.79 Å². The molecule has 3 rings (SSSR count). The third-order valence-corrected chi connectivity index (χ3v) is 3.84. The van der Waals surface area contributed by atoms with E-state index in [2.05, 4.69) is 5.32 Å². The summed E-state index contributed by atoms with van der Waals surface area (Å²) in [7, 11) is 0. The lowest BCUT2D eigenvalue weighted by molar-refractivity contribution is 0.0762.